The van der Waals surface area contributed by atoms with Crippen molar-refractivity contribution >= 4 is 0 Å². The highest BCUT2D eigenvalue weighted by Gasteiger charge is 2.49. The molecule has 15 heavy (non-hydrogen) atoms. The number of hydrogen-bond donors (Lipinski definition) is 1. The van der Waals surface area contributed by atoms with Gasteiger partial charge in [-0.1, -0.05) is 0 Å². The van der Waals surface area contributed by atoms with E-state index in [-0.39, 0.29) is 5.60 Å². The van der Waals surface area contributed by atoms with Gasteiger partial charge in [0.15, 0.2) is 0 Å². The highest BCUT2D eigenvalue weighted by Crippen LogP contribution is 2.52. The Morgan fingerprint density at radius 2 is 2.27 bits per heavy atom. The fourth-order valence-corrected chi connectivity index (χ4v) is 3.05. The molecule has 2 heteroatoms. The maximum Gasteiger partial charge on any atom is 0.0764 e. The smallest absolute Gasteiger partial charge is 0.0764 e. The van der Waals surface area contributed by atoms with Crippen molar-refractivity contribution in [1.82, 2.24) is 4.98 Å². The summed E-state index contributed by atoms with van der Waals surface area (Å²) in [7, 11) is 0. The van der Waals surface area contributed by atoms with Crippen LogP contribution in [0.5, 0.6) is 0 Å². The van der Waals surface area contributed by atoms with Crippen LogP contribution in [0, 0.1) is 5.92 Å². The molecule has 1 saturated heterocycles. The topological polar surface area (TPSA) is 25.0 Å². The van der Waals surface area contributed by atoms with E-state index in [9.17, 15) is 0 Å². The number of hydrogen-bond acceptors (Lipinski definition) is 1. The quantitative estimate of drug-likeness (QED) is 0.788. The molecule has 1 aromatic rings. The third-order valence-electron chi connectivity index (χ3n) is 4.13. The van der Waals surface area contributed by atoms with Gasteiger partial charge in [0.1, 0.15) is 0 Å². The largest absolute Gasteiger partial charge is 0.374 e. The van der Waals surface area contributed by atoms with Gasteiger partial charge in [-0.2, -0.15) is 0 Å². The first-order valence-corrected chi connectivity index (χ1v) is 6.08. The van der Waals surface area contributed by atoms with Crippen molar-refractivity contribution in [2.24, 2.45) is 5.92 Å². The molecule has 1 aliphatic heterocycles. The SMILES string of the molecule is CC1(C2CC2)OCCCC1c1ccc[nH]1. The van der Waals surface area contributed by atoms with E-state index in [0.717, 1.165) is 12.5 Å². The minimum atomic E-state index is 0.100. The summed E-state index contributed by atoms with van der Waals surface area (Å²) in [5.41, 5.74) is 1.47. The fourth-order valence-electron chi connectivity index (χ4n) is 3.05. The van der Waals surface area contributed by atoms with Crippen molar-refractivity contribution in [3.05, 3.63) is 24.0 Å². The maximum atomic E-state index is 6.11. The normalized spacial score (nSPS) is 36.7. The maximum absolute atomic E-state index is 6.11. The van der Waals surface area contributed by atoms with Crippen molar-refractivity contribution in [3.8, 4) is 0 Å². The lowest BCUT2D eigenvalue weighted by atomic mass is 9.78. The average Bonchev–Trinajstić information content (AvgIpc) is 2.98. The lowest BCUT2D eigenvalue weighted by molar-refractivity contribution is -0.0971. The number of H-pyrrole nitrogens is 1. The zero-order valence-corrected chi connectivity index (χ0v) is 9.33. The summed E-state index contributed by atoms with van der Waals surface area (Å²) in [5.74, 6) is 1.37. The van der Waals surface area contributed by atoms with Crippen LogP contribution in [0.15, 0.2) is 18.3 Å². The van der Waals surface area contributed by atoms with Crippen molar-refractivity contribution in [1.29, 1.82) is 0 Å². The number of rotatable bonds is 2. The molecule has 1 aromatic heterocycles. The predicted molar refractivity (Wildman–Crippen MR) is 59.8 cm³/mol. The molecule has 0 bridgehead atoms. The van der Waals surface area contributed by atoms with E-state index < -0.39 is 0 Å². The van der Waals surface area contributed by atoms with E-state index >= 15 is 0 Å². The third-order valence-corrected chi connectivity index (χ3v) is 4.13. The number of ether oxygens (including phenoxy) is 1. The van der Waals surface area contributed by atoms with Gasteiger partial charge in [0.05, 0.1) is 5.60 Å². The first kappa shape index (κ1) is 9.46. The van der Waals surface area contributed by atoms with Crippen molar-refractivity contribution in [2.45, 2.75) is 44.1 Å². The molecule has 0 spiro atoms. The van der Waals surface area contributed by atoms with Crippen LogP contribution in [0.4, 0.5) is 0 Å². The Bertz CT molecular complexity index is 328. The summed E-state index contributed by atoms with van der Waals surface area (Å²) in [6, 6.07) is 4.30. The Kier molecular flexibility index (Phi) is 2.13. The van der Waals surface area contributed by atoms with Crippen LogP contribution in [0.2, 0.25) is 0 Å². The van der Waals surface area contributed by atoms with E-state index in [4.69, 9.17) is 4.74 Å². The number of aromatic nitrogens is 1. The zero-order chi connectivity index (χ0) is 10.3. The summed E-state index contributed by atoms with van der Waals surface area (Å²) in [4.78, 5) is 3.36. The summed E-state index contributed by atoms with van der Waals surface area (Å²) in [6.07, 6.45) is 7.21. The van der Waals surface area contributed by atoms with Crippen LogP contribution in [0.1, 0.15) is 44.2 Å². The third kappa shape index (κ3) is 1.51. The molecule has 0 amide bonds. The van der Waals surface area contributed by atoms with Gasteiger partial charge >= 0.3 is 0 Å². The minimum absolute atomic E-state index is 0.100. The molecule has 3 rings (SSSR count). The Balaban J connectivity index is 1.90. The van der Waals surface area contributed by atoms with Crippen LogP contribution >= 0.6 is 0 Å². The fraction of sp³-hybridized carbons (Fsp3) is 0.692. The molecule has 1 saturated carbocycles. The molecule has 2 unspecified atom stereocenters. The average molecular weight is 205 g/mol. The monoisotopic (exact) mass is 205 g/mol. The van der Waals surface area contributed by atoms with Crippen molar-refractivity contribution < 1.29 is 4.74 Å². The van der Waals surface area contributed by atoms with Gasteiger partial charge in [-0.05, 0) is 50.7 Å². The molecule has 1 N–H and O–H groups in total. The molecule has 2 fully saturated rings. The van der Waals surface area contributed by atoms with Gasteiger partial charge in [-0.15, -0.1) is 0 Å². The zero-order valence-electron chi connectivity index (χ0n) is 9.33. The van der Waals surface area contributed by atoms with Gasteiger partial charge in [-0.25, -0.2) is 0 Å². The second-order valence-corrected chi connectivity index (χ2v) is 5.13. The molecule has 82 valence electrons. The van der Waals surface area contributed by atoms with E-state index in [2.05, 4.69) is 24.0 Å². The Hall–Kier alpha value is -0.760. The Morgan fingerprint density at radius 1 is 1.40 bits per heavy atom. The standard InChI is InChI=1S/C13H19NO/c1-13(10-6-7-10)11(4-3-9-15-13)12-5-2-8-14-12/h2,5,8,10-11,14H,3-4,6-7,9H2,1H3. The molecule has 2 atom stereocenters. The first-order chi connectivity index (χ1) is 7.31. The lowest BCUT2D eigenvalue weighted by Gasteiger charge is -2.41. The Morgan fingerprint density at radius 3 is 2.93 bits per heavy atom. The highest BCUT2D eigenvalue weighted by atomic mass is 16.5. The van der Waals surface area contributed by atoms with Crippen molar-refractivity contribution in [3.63, 3.8) is 0 Å². The van der Waals surface area contributed by atoms with E-state index in [1.807, 2.05) is 6.20 Å². The molecule has 2 heterocycles. The van der Waals surface area contributed by atoms with Crippen molar-refractivity contribution in [2.75, 3.05) is 6.61 Å². The molecular formula is C13H19NO. The van der Waals surface area contributed by atoms with Crippen LogP contribution < -0.4 is 0 Å². The van der Waals surface area contributed by atoms with Crippen LogP contribution in [-0.2, 0) is 4.74 Å². The highest BCUT2D eigenvalue weighted by molar-refractivity contribution is 5.18. The van der Waals surface area contributed by atoms with E-state index in [1.54, 1.807) is 0 Å². The summed E-state index contributed by atoms with van der Waals surface area (Å²) >= 11 is 0. The van der Waals surface area contributed by atoms with E-state index in [0.29, 0.717) is 5.92 Å². The molecule has 2 nitrogen and oxygen atoms in total. The summed E-state index contributed by atoms with van der Waals surface area (Å²) in [5, 5.41) is 0. The second kappa shape index (κ2) is 3.38. The Labute approximate surface area is 91.0 Å². The molecule has 0 radical (unpaired) electrons. The van der Waals surface area contributed by atoms with Crippen LogP contribution in [0.25, 0.3) is 0 Å². The molecular weight excluding hydrogens is 186 g/mol. The van der Waals surface area contributed by atoms with Gasteiger partial charge in [0.2, 0.25) is 0 Å². The number of aromatic amines is 1. The predicted octanol–water partition coefficient (Wildman–Crippen LogP) is 3.08. The van der Waals surface area contributed by atoms with Gasteiger partial charge in [-0.3, -0.25) is 0 Å². The first-order valence-electron chi connectivity index (χ1n) is 6.08. The second-order valence-electron chi connectivity index (χ2n) is 5.13. The van der Waals surface area contributed by atoms with E-state index in [1.165, 1.54) is 31.4 Å². The summed E-state index contributed by atoms with van der Waals surface area (Å²) < 4.78 is 6.11. The summed E-state index contributed by atoms with van der Waals surface area (Å²) in [6.45, 7) is 3.26. The van der Waals surface area contributed by atoms with Gasteiger partial charge in [0.25, 0.3) is 0 Å². The number of nitrogens with one attached hydrogen (secondary N) is 1. The van der Waals surface area contributed by atoms with Crippen LogP contribution in [-0.4, -0.2) is 17.2 Å². The molecule has 0 aromatic carbocycles. The minimum Gasteiger partial charge on any atom is -0.374 e. The van der Waals surface area contributed by atoms with Gasteiger partial charge < -0.3 is 9.72 Å². The lowest BCUT2D eigenvalue weighted by Crippen LogP contribution is -2.42. The van der Waals surface area contributed by atoms with Crippen LogP contribution in [0.3, 0.4) is 0 Å². The molecule has 1 aliphatic carbocycles. The van der Waals surface area contributed by atoms with Gasteiger partial charge in [0, 0.05) is 24.4 Å². The molecule has 2 aliphatic rings.